The topological polar surface area (TPSA) is 43.4 Å². The van der Waals surface area contributed by atoms with Gasteiger partial charge in [-0.05, 0) is 17.5 Å². The van der Waals surface area contributed by atoms with Crippen LogP contribution in [0.1, 0.15) is 25.0 Å². The summed E-state index contributed by atoms with van der Waals surface area (Å²) in [6, 6.07) is 7.97. The van der Waals surface area contributed by atoms with Crippen molar-refractivity contribution in [3.63, 3.8) is 0 Å². The van der Waals surface area contributed by atoms with Crippen molar-refractivity contribution in [3.8, 4) is 0 Å². The quantitative estimate of drug-likeness (QED) is 0.686. The van der Waals surface area contributed by atoms with Gasteiger partial charge in [-0.3, -0.25) is 4.21 Å². The van der Waals surface area contributed by atoms with Crippen molar-refractivity contribution in [1.82, 2.24) is 4.31 Å². The first-order valence-electron chi connectivity index (χ1n) is 5.18. The fraction of sp³-hybridized carbons (Fsp3) is 0.455. The van der Waals surface area contributed by atoms with Gasteiger partial charge in [-0.1, -0.05) is 38.1 Å². The van der Waals surface area contributed by atoms with Gasteiger partial charge in [0.2, 0.25) is 0 Å². The molecule has 0 amide bonds. The summed E-state index contributed by atoms with van der Waals surface area (Å²) < 4.78 is 22.8. The molecule has 2 rings (SSSR count). The van der Waals surface area contributed by atoms with E-state index in [-0.39, 0.29) is 0 Å². The fourth-order valence-corrected chi connectivity index (χ4v) is 2.08. The third kappa shape index (κ3) is 3.12. The van der Waals surface area contributed by atoms with Crippen molar-refractivity contribution in [2.75, 3.05) is 6.54 Å². The molecular weight excluding hydrogens is 210 g/mol. The highest BCUT2D eigenvalue weighted by atomic mass is 32.2. The van der Waals surface area contributed by atoms with Crippen LogP contribution in [0.4, 0.5) is 0 Å². The predicted octanol–water partition coefficient (Wildman–Crippen LogP) is 1.87. The van der Waals surface area contributed by atoms with Gasteiger partial charge in [0.1, 0.15) is 0 Å². The Balaban J connectivity index is 0.000000531. The summed E-state index contributed by atoms with van der Waals surface area (Å²) in [5.41, 5.74) is 2.39. The summed E-state index contributed by atoms with van der Waals surface area (Å²) in [5, 5.41) is 0. The molecule has 0 N–H and O–H groups in total. The summed E-state index contributed by atoms with van der Waals surface area (Å²) in [4.78, 5) is 0. The molecule has 0 aliphatic carbocycles. The zero-order chi connectivity index (χ0) is 11.3. The second kappa shape index (κ2) is 6.00. The van der Waals surface area contributed by atoms with Gasteiger partial charge in [0.05, 0.1) is 0 Å². The summed E-state index contributed by atoms with van der Waals surface area (Å²) >= 11 is -2.08. The van der Waals surface area contributed by atoms with Gasteiger partial charge in [-0.15, -0.1) is 0 Å². The highest BCUT2D eigenvalue weighted by Gasteiger charge is 2.15. The Morgan fingerprint density at radius 1 is 1.27 bits per heavy atom. The average Bonchev–Trinajstić information content (AvgIpc) is 2.31. The van der Waals surface area contributed by atoms with Crippen LogP contribution in [-0.4, -0.2) is 19.6 Å². The molecule has 1 aromatic carbocycles. The van der Waals surface area contributed by atoms with E-state index < -0.39 is 11.3 Å². The molecule has 1 aromatic rings. The highest BCUT2D eigenvalue weighted by molar-refractivity contribution is 7.76. The van der Waals surface area contributed by atoms with Crippen molar-refractivity contribution in [2.24, 2.45) is 0 Å². The molecule has 4 heteroatoms. The molecule has 1 aliphatic heterocycles. The van der Waals surface area contributed by atoms with E-state index in [0.717, 1.165) is 12.0 Å². The van der Waals surface area contributed by atoms with Crippen LogP contribution in [0.25, 0.3) is 0 Å². The summed E-state index contributed by atoms with van der Waals surface area (Å²) in [6.07, 6.45) is 0.824. The van der Waals surface area contributed by atoms with Crippen LogP contribution in [0.15, 0.2) is 24.3 Å². The minimum atomic E-state index is -2.08. The Morgan fingerprint density at radius 2 is 1.87 bits per heavy atom. The maximum Gasteiger partial charge on any atom is 0.0356 e. The average molecular weight is 226 g/mol. The van der Waals surface area contributed by atoms with Crippen LogP contribution in [0.3, 0.4) is 0 Å². The third-order valence-corrected chi connectivity index (χ3v) is 3.04. The van der Waals surface area contributed by atoms with Gasteiger partial charge < -0.3 is 4.55 Å². The fourth-order valence-electron chi connectivity index (χ4n) is 1.60. The lowest BCUT2D eigenvalue weighted by atomic mass is 10.0. The van der Waals surface area contributed by atoms with Crippen molar-refractivity contribution >= 4 is 11.3 Å². The maximum atomic E-state index is 10.7. The summed E-state index contributed by atoms with van der Waals surface area (Å²) in [5.74, 6) is 0. The first-order valence-corrected chi connectivity index (χ1v) is 6.21. The molecule has 0 bridgehead atoms. The van der Waals surface area contributed by atoms with E-state index in [9.17, 15) is 8.76 Å². The lowest BCUT2D eigenvalue weighted by molar-refractivity contribution is 0.370. The number of benzene rings is 1. The molecule has 84 valence electrons. The number of fused-ring (bicyclic) bond motifs is 1. The minimum absolute atomic E-state index is 0.520. The zero-order valence-electron chi connectivity index (χ0n) is 9.10. The van der Waals surface area contributed by atoms with Crippen molar-refractivity contribution in [1.29, 1.82) is 0 Å². The van der Waals surface area contributed by atoms with Crippen LogP contribution >= 0.6 is 0 Å². The van der Waals surface area contributed by atoms with E-state index in [1.54, 1.807) is 0 Å². The lowest BCUT2D eigenvalue weighted by Crippen LogP contribution is -2.31. The monoisotopic (exact) mass is 226 g/mol. The smallest absolute Gasteiger partial charge is 0.0356 e. The Morgan fingerprint density at radius 3 is 2.47 bits per heavy atom. The number of hydrogen-bond acceptors (Lipinski definition) is 2. The van der Waals surface area contributed by atoms with Gasteiger partial charge in [-0.2, -0.15) is 0 Å². The molecule has 0 aromatic heterocycles. The van der Waals surface area contributed by atoms with Gasteiger partial charge in [0.25, 0.3) is 0 Å². The third-order valence-electron chi connectivity index (χ3n) is 2.31. The maximum absolute atomic E-state index is 10.7. The molecule has 15 heavy (non-hydrogen) atoms. The first-order chi connectivity index (χ1) is 7.27. The second-order valence-corrected chi connectivity index (χ2v) is 4.05. The van der Waals surface area contributed by atoms with E-state index in [1.807, 2.05) is 32.0 Å². The van der Waals surface area contributed by atoms with Gasteiger partial charge in [0.15, 0.2) is 0 Å². The van der Waals surface area contributed by atoms with Gasteiger partial charge >= 0.3 is 0 Å². The molecule has 0 spiro atoms. The molecule has 0 saturated heterocycles. The molecule has 0 fully saturated rings. The van der Waals surface area contributed by atoms with E-state index in [0.29, 0.717) is 13.1 Å². The Hall–Kier alpha value is -0.710. The molecule has 3 nitrogen and oxygen atoms in total. The second-order valence-electron chi connectivity index (χ2n) is 3.10. The van der Waals surface area contributed by atoms with Gasteiger partial charge in [0, 0.05) is 24.4 Å². The number of nitrogens with zero attached hydrogens (tertiary/aromatic N) is 1. The van der Waals surface area contributed by atoms with E-state index in [2.05, 4.69) is 6.07 Å². The number of rotatable bonds is 1. The van der Waals surface area contributed by atoms with Crippen LogP contribution in [0, 0.1) is 0 Å². The molecular formula is C11H16NO2S-. The molecule has 1 atom stereocenters. The van der Waals surface area contributed by atoms with Gasteiger partial charge in [-0.25, -0.2) is 4.31 Å². The molecule has 1 heterocycles. The minimum Gasteiger partial charge on any atom is -0.760 e. The Labute approximate surface area is 93.5 Å². The zero-order valence-corrected chi connectivity index (χ0v) is 9.92. The first kappa shape index (κ1) is 12.4. The van der Waals surface area contributed by atoms with Crippen LogP contribution in [0.2, 0.25) is 0 Å². The van der Waals surface area contributed by atoms with E-state index in [4.69, 9.17) is 0 Å². The predicted molar refractivity (Wildman–Crippen MR) is 60.8 cm³/mol. The molecule has 0 saturated carbocycles. The highest BCUT2D eigenvalue weighted by Crippen LogP contribution is 2.18. The largest absolute Gasteiger partial charge is 0.760 e. The van der Waals surface area contributed by atoms with Crippen molar-refractivity contribution in [2.45, 2.75) is 26.8 Å². The van der Waals surface area contributed by atoms with E-state index >= 15 is 0 Å². The number of hydrogen-bond donors (Lipinski definition) is 0. The van der Waals surface area contributed by atoms with Crippen LogP contribution in [-0.2, 0) is 24.2 Å². The van der Waals surface area contributed by atoms with Crippen molar-refractivity contribution in [3.05, 3.63) is 35.4 Å². The lowest BCUT2D eigenvalue weighted by Gasteiger charge is -2.29. The molecule has 0 radical (unpaired) electrons. The molecule has 1 aliphatic rings. The Bertz CT molecular complexity index is 341. The summed E-state index contributed by atoms with van der Waals surface area (Å²) in [6.45, 7) is 5.12. The molecule has 1 unspecified atom stereocenters. The van der Waals surface area contributed by atoms with Crippen LogP contribution < -0.4 is 0 Å². The summed E-state index contributed by atoms with van der Waals surface area (Å²) in [7, 11) is 0. The van der Waals surface area contributed by atoms with Crippen molar-refractivity contribution < 1.29 is 8.76 Å². The standard InChI is InChI=1S/C9H11NO2S.C2H6/c11-13(12)10-6-5-8-3-1-2-4-9(8)7-10;1-2/h1-4H,5-7H2,(H,11,12);1-2H3/p-1. The van der Waals surface area contributed by atoms with Crippen LogP contribution in [0.5, 0.6) is 0 Å². The SMILES string of the molecule is CC.O=S([O-])N1CCc2ccccc2C1. The van der Waals surface area contributed by atoms with E-state index in [1.165, 1.54) is 9.87 Å². The Kier molecular flexibility index (Phi) is 4.94. The normalized spacial score (nSPS) is 17.3.